The molecule has 2 aliphatic rings. The number of hydrogen-bond donors (Lipinski definition) is 1. The van der Waals surface area contributed by atoms with E-state index in [1.54, 1.807) is 0 Å². The van der Waals surface area contributed by atoms with Gasteiger partial charge in [-0.1, -0.05) is 22.0 Å². The maximum absolute atomic E-state index is 5.88. The third-order valence-corrected chi connectivity index (χ3v) is 5.18. The molecule has 1 aromatic carbocycles. The minimum Gasteiger partial charge on any atom is -0.492 e. The first-order chi connectivity index (χ1) is 10.2. The first-order valence-electron chi connectivity index (χ1n) is 8.01. The lowest BCUT2D eigenvalue weighted by Gasteiger charge is -2.33. The molecule has 2 fully saturated rings. The Bertz CT molecular complexity index is 478. The molecule has 1 heterocycles. The van der Waals surface area contributed by atoms with Gasteiger partial charge in [0.2, 0.25) is 0 Å². The van der Waals surface area contributed by atoms with Crippen molar-refractivity contribution in [2.45, 2.75) is 31.7 Å². The maximum Gasteiger partial charge on any atom is 0.120 e. The minimum absolute atomic E-state index is 0.312. The minimum atomic E-state index is 0.312. The molecule has 0 radical (unpaired) electrons. The van der Waals surface area contributed by atoms with Crippen LogP contribution in [-0.2, 0) is 0 Å². The topological polar surface area (TPSA) is 24.5 Å². The van der Waals surface area contributed by atoms with Gasteiger partial charge in [0.1, 0.15) is 12.4 Å². The second-order valence-electron chi connectivity index (χ2n) is 6.55. The van der Waals surface area contributed by atoms with Gasteiger partial charge in [-0.2, -0.15) is 0 Å². The summed E-state index contributed by atoms with van der Waals surface area (Å²) in [6.45, 7) is 7.65. The molecule has 116 valence electrons. The standard InChI is InChI=1S/C17H25BrN2O/c1-17(14-6-7-14)13-20(9-3-8-19-17)10-11-21-16-5-2-4-15(18)12-16/h2,4-5,12,14,19H,3,6-11,13H2,1H3. The molecule has 3 rings (SSSR count). The zero-order chi connectivity index (χ0) is 14.7. The van der Waals surface area contributed by atoms with Crippen LogP contribution in [0, 0.1) is 5.92 Å². The van der Waals surface area contributed by atoms with Crippen LogP contribution >= 0.6 is 15.9 Å². The Morgan fingerprint density at radius 2 is 2.29 bits per heavy atom. The average molecular weight is 353 g/mol. The smallest absolute Gasteiger partial charge is 0.120 e. The molecule has 1 unspecified atom stereocenters. The Morgan fingerprint density at radius 3 is 3.05 bits per heavy atom. The highest BCUT2D eigenvalue weighted by Crippen LogP contribution is 2.40. The lowest BCUT2D eigenvalue weighted by molar-refractivity contribution is 0.170. The number of halogens is 1. The molecule has 0 amide bonds. The normalized spacial score (nSPS) is 27.3. The monoisotopic (exact) mass is 352 g/mol. The van der Waals surface area contributed by atoms with Gasteiger partial charge >= 0.3 is 0 Å². The van der Waals surface area contributed by atoms with Crippen LogP contribution in [-0.4, -0.2) is 43.2 Å². The van der Waals surface area contributed by atoms with Gasteiger partial charge in [-0.3, -0.25) is 4.90 Å². The summed E-state index contributed by atoms with van der Waals surface area (Å²) < 4.78 is 6.95. The van der Waals surface area contributed by atoms with Gasteiger partial charge in [-0.15, -0.1) is 0 Å². The fourth-order valence-electron chi connectivity index (χ4n) is 3.31. The first-order valence-corrected chi connectivity index (χ1v) is 8.81. The van der Waals surface area contributed by atoms with E-state index in [1.807, 2.05) is 24.3 Å². The van der Waals surface area contributed by atoms with E-state index < -0.39 is 0 Å². The summed E-state index contributed by atoms with van der Waals surface area (Å²) in [5.74, 6) is 1.83. The lowest BCUT2D eigenvalue weighted by atomic mass is 9.95. The molecule has 0 spiro atoms. The Labute approximate surface area is 136 Å². The molecule has 1 saturated heterocycles. The lowest BCUT2D eigenvalue weighted by Crippen LogP contribution is -2.51. The Morgan fingerprint density at radius 1 is 1.43 bits per heavy atom. The zero-order valence-electron chi connectivity index (χ0n) is 12.8. The van der Waals surface area contributed by atoms with Gasteiger partial charge in [0.15, 0.2) is 0 Å². The third-order valence-electron chi connectivity index (χ3n) is 4.68. The number of ether oxygens (including phenoxy) is 1. The van der Waals surface area contributed by atoms with E-state index in [-0.39, 0.29) is 0 Å². The molecule has 21 heavy (non-hydrogen) atoms. The van der Waals surface area contributed by atoms with Gasteiger partial charge in [0.25, 0.3) is 0 Å². The van der Waals surface area contributed by atoms with E-state index in [9.17, 15) is 0 Å². The van der Waals surface area contributed by atoms with Gasteiger partial charge in [-0.05, 0) is 63.4 Å². The predicted molar refractivity (Wildman–Crippen MR) is 89.8 cm³/mol. The van der Waals surface area contributed by atoms with Crippen molar-refractivity contribution in [1.29, 1.82) is 0 Å². The molecule has 1 aliphatic heterocycles. The van der Waals surface area contributed by atoms with Crippen LogP contribution in [0.15, 0.2) is 28.7 Å². The molecule has 1 saturated carbocycles. The van der Waals surface area contributed by atoms with Crippen molar-refractivity contribution in [3.63, 3.8) is 0 Å². The molecule has 1 atom stereocenters. The van der Waals surface area contributed by atoms with Gasteiger partial charge in [0.05, 0.1) is 0 Å². The molecule has 1 aromatic rings. The van der Waals surface area contributed by atoms with E-state index in [4.69, 9.17) is 4.74 Å². The SMILES string of the molecule is CC1(C2CC2)CN(CCOc2cccc(Br)c2)CCCN1. The molecule has 1 aliphatic carbocycles. The van der Waals surface area contributed by atoms with Gasteiger partial charge in [0, 0.05) is 23.1 Å². The molecule has 0 aromatic heterocycles. The highest BCUT2D eigenvalue weighted by atomic mass is 79.9. The van der Waals surface area contributed by atoms with E-state index in [2.05, 4.69) is 33.1 Å². The molecule has 4 heteroatoms. The molecule has 1 N–H and O–H groups in total. The summed E-state index contributed by atoms with van der Waals surface area (Å²) in [5, 5.41) is 3.78. The highest BCUT2D eigenvalue weighted by Gasteiger charge is 2.42. The summed E-state index contributed by atoms with van der Waals surface area (Å²) in [7, 11) is 0. The summed E-state index contributed by atoms with van der Waals surface area (Å²) in [6.07, 6.45) is 4.02. The number of hydrogen-bond acceptors (Lipinski definition) is 3. The second kappa shape index (κ2) is 6.67. The highest BCUT2D eigenvalue weighted by molar-refractivity contribution is 9.10. The van der Waals surface area contributed by atoms with Crippen LogP contribution in [0.25, 0.3) is 0 Å². The van der Waals surface area contributed by atoms with Crippen molar-refractivity contribution in [3.8, 4) is 5.75 Å². The fraction of sp³-hybridized carbons (Fsp3) is 0.647. The Kier molecular flexibility index (Phi) is 4.87. The van der Waals surface area contributed by atoms with Crippen LogP contribution in [0.5, 0.6) is 5.75 Å². The summed E-state index contributed by atoms with van der Waals surface area (Å²) in [4.78, 5) is 2.57. The van der Waals surface area contributed by atoms with E-state index in [1.165, 1.54) is 25.8 Å². The Hall–Kier alpha value is -0.580. The van der Waals surface area contributed by atoms with Crippen LogP contribution in [0.1, 0.15) is 26.2 Å². The summed E-state index contributed by atoms with van der Waals surface area (Å²) >= 11 is 3.48. The van der Waals surface area contributed by atoms with E-state index >= 15 is 0 Å². The molecular formula is C17H25BrN2O. The number of benzene rings is 1. The van der Waals surface area contributed by atoms with Crippen LogP contribution in [0.2, 0.25) is 0 Å². The largest absolute Gasteiger partial charge is 0.492 e. The summed E-state index contributed by atoms with van der Waals surface area (Å²) in [5.41, 5.74) is 0.312. The second-order valence-corrected chi connectivity index (χ2v) is 7.47. The number of rotatable bonds is 5. The molecular weight excluding hydrogens is 328 g/mol. The molecule has 0 bridgehead atoms. The fourth-order valence-corrected chi connectivity index (χ4v) is 3.69. The van der Waals surface area contributed by atoms with Crippen molar-refractivity contribution in [1.82, 2.24) is 10.2 Å². The Balaban J connectivity index is 1.49. The van der Waals surface area contributed by atoms with E-state index in [0.29, 0.717) is 5.54 Å². The van der Waals surface area contributed by atoms with Crippen molar-refractivity contribution in [3.05, 3.63) is 28.7 Å². The van der Waals surface area contributed by atoms with Crippen LogP contribution in [0.3, 0.4) is 0 Å². The van der Waals surface area contributed by atoms with Crippen molar-refractivity contribution in [2.75, 3.05) is 32.8 Å². The molecule has 3 nitrogen and oxygen atoms in total. The van der Waals surface area contributed by atoms with Gasteiger partial charge in [-0.25, -0.2) is 0 Å². The van der Waals surface area contributed by atoms with E-state index in [0.717, 1.165) is 42.4 Å². The quantitative estimate of drug-likeness (QED) is 0.879. The number of nitrogens with zero attached hydrogens (tertiary/aromatic N) is 1. The summed E-state index contributed by atoms with van der Waals surface area (Å²) in [6, 6.07) is 8.08. The van der Waals surface area contributed by atoms with Crippen molar-refractivity contribution in [2.24, 2.45) is 5.92 Å². The van der Waals surface area contributed by atoms with Gasteiger partial charge < -0.3 is 10.1 Å². The van der Waals surface area contributed by atoms with Crippen molar-refractivity contribution < 1.29 is 4.74 Å². The zero-order valence-corrected chi connectivity index (χ0v) is 14.4. The predicted octanol–water partition coefficient (Wildman–Crippen LogP) is 3.29. The maximum atomic E-state index is 5.88. The number of nitrogens with one attached hydrogen (secondary N) is 1. The average Bonchev–Trinajstić information content (AvgIpc) is 3.27. The first kappa shape index (κ1) is 15.3. The van der Waals surface area contributed by atoms with Crippen LogP contribution in [0.4, 0.5) is 0 Å². The van der Waals surface area contributed by atoms with Crippen LogP contribution < -0.4 is 10.1 Å². The van der Waals surface area contributed by atoms with Crippen molar-refractivity contribution >= 4 is 15.9 Å². The third kappa shape index (κ3) is 4.21.